The van der Waals surface area contributed by atoms with Gasteiger partial charge in [-0.2, -0.15) is 0 Å². The quantitative estimate of drug-likeness (QED) is 0.832. The number of aromatic hydroxyl groups is 1. The first-order valence-corrected chi connectivity index (χ1v) is 5.83. The molecule has 0 aliphatic carbocycles. The summed E-state index contributed by atoms with van der Waals surface area (Å²) in [6.45, 7) is 0. The van der Waals surface area contributed by atoms with Crippen molar-refractivity contribution >= 4 is 12.2 Å². The van der Waals surface area contributed by atoms with Crippen molar-refractivity contribution in [2.45, 2.75) is 0 Å². The second-order valence-electron chi connectivity index (χ2n) is 4.18. The molecule has 5 heteroatoms. The predicted molar refractivity (Wildman–Crippen MR) is 74.0 cm³/mol. The third-order valence-electron chi connectivity index (χ3n) is 2.95. The number of rotatable bonds is 4. The highest BCUT2D eigenvalue weighted by atomic mass is 16.5. The topological polar surface area (TPSA) is 89.6 Å². The minimum absolute atomic E-state index is 0.137. The number of hydrogen-bond donors (Lipinski definition) is 2. The third-order valence-corrected chi connectivity index (χ3v) is 2.95. The number of phenols is 1. The Morgan fingerprint density at radius 1 is 1.20 bits per heavy atom. The highest BCUT2D eigenvalue weighted by Gasteiger charge is 2.11. The molecule has 0 unspecified atom stereocenters. The van der Waals surface area contributed by atoms with Crippen LogP contribution in [0.3, 0.4) is 0 Å². The van der Waals surface area contributed by atoms with Crippen LogP contribution in [0, 0.1) is 0 Å². The van der Waals surface area contributed by atoms with E-state index in [9.17, 15) is 14.7 Å². The molecule has 0 aliphatic rings. The van der Waals surface area contributed by atoms with Gasteiger partial charge in [0.2, 0.25) is 5.91 Å². The van der Waals surface area contributed by atoms with Crippen molar-refractivity contribution in [2.75, 3.05) is 7.11 Å². The van der Waals surface area contributed by atoms with E-state index in [4.69, 9.17) is 10.5 Å². The predicted octanol–water partition coefficient (Wildman–Crippen LogP) is 1.98. The SMILES string of the molecule is COc1cc(-c2ccc(C(N)=O)cc2)cc(C=O)c1O. The minimum Gasteiger partial charge on any atom is -0.504 e. The molecule has 102 valence electrons. The van der Waals surface area contributed by atoms with Crippen molar-refractivity contribution in [1.82, 2.24) is 0 Å². The van der Waals surface area contributed by atoms with Crippen molar-refractivity contribution in [2.24, 2.45) is 5.73 Å². The Morgan fingerprint density at radius 3 is 2.35 bits per heavy atom. The zero-order valence-corrected chi connectivity index (χ0v) is 10.8. The van der Waals surface area contributed by atoms with Crippen molar-refractivity contribution < 1.29 is 19.4 Å². The smallest absolute Gasteiger partial charge is 0.248 e. The molecule has 5 nitrogen and oxygen atoms in total. The van der Waals surface area contributed by atoms with Gasteiger partial charge >= 0.3 is 0 Å². The van der Waals surface area contributed by atoms with Crippen LogP contribution in [-0.2, 0) is 0 Å². The van der Waals surface area contributed by atoms with Crippen molar-refractivity contribution in [1.29, 1.82) is 0 Å². The largest absolute Gasteiger partial charge is 0.504 e. The Bertz CT molecular complexity index is 662. The van der Waals surface area contributed by atoms with E-state index in [1.165, 1.54) is 7.11 Å². The van der Waals surface area contributed by atoms with Crippen molar-refractivity contribution in [3.63, 3.8) is 0 Å². The number of hydrogen-bond acceptors (Lipinski definition) is 4. The number of carbonyl (C=O) groups is 2. The van der Waals surface area contributed by atoms with E-state index in [0.717, 1.165) is 5.56 Å². The molecule has 0 radical (unpaired) electrons. The maximum atomic E-state index is 11.0. The van der Waals surface area contributed by atoms with Crippen molar-refractivity contribution in [3.05, 3.63) is 47.5 Å². The Morgan fingerprint density at radius 2 is 1.85 bits per heavy atom. The fraction of sp³-hybridized carbons (Fsp3) is 0.0667. The van der Waals surface area contributed by atoms with Crippen LogP contribution < -0.4 is 10.5 Å². The summed E-state index contributed by atoms with van der Waals surface area (Å²) in [4.78, 5) is 22.0. The maximum absolute atomic E-state index is 11.0. The molecule has 3 N–H and O–H groups in total. The van der Waals surface area contributed by atoms with Crippen LogP contribution in [-0.4, -0.2) is 24.4 Å². The Hall–Kier alpha value is -2.82. The van der Waals surface area contributed by atoms with Gasteiger partial charge in [-0.1, -0.05) is 12.1 Å². The number of methoxy groups -OCH3 is 1. The summed E-state index contributed by atoms with van der Waals surface area (Å²) in [6, 6.07) is 9.77. The Balaban J connectivity index is 2.51. The lowest BCUT2D eigenvalue weighted by atomic mass is 10.0. The number of carbonyl (C=O) groups excluding carboxylic acids is 2. The fourth-order valence-electron chi connectivity index (χ4n) is 1.87. The molecule has 0 bridgehead atoms. The highest BCUT2D eigenvalue weighted by Crippen LogP contribution is 2.34. The standard InChI is InChI=1S/C15H13NO4/c1-20-13-7-11(6-12(8-17)14(13)18)9-2-4-10(5-3-9)15(16)19/h2-8,18H,1H3,(H2,16,19). The zero-order valence-electron chi connectivity index (χ0n) is 10.8. The van der Waals surface area contributed by atoms with Gasteiger partial charge in [0.1, 0.15) is 0 Å². The second kappa shape index (κ2) is 5.44. The Labute approximate surface area is 115 Å². The van der Waals surface area contributed by atoms with Crippen LogP contribution in [0.25, 0.3) is 11.1 Å². The van der Waals surface area contributed by atoms with Gasteiger partial charge in [0.15, 0.2) is 17.8 Å². The molecule has 0 saturated carbocycles. The summed E-state index contributed by atoms with van der Waals surface area (Å²) < 4.78 is 5.03. The summed E-state index contributed by atoms with van der Waals surface area (Å²) >= 11 is 0. The number of benzene rings is 2. The van der Waals surface area contributed by atoms with Gasteiger partial charge in [-0.15, -0.1) is 0 Å². The maximum Gasteiger partial charge on any atom is 0.248 e. The van der Waals surface area contributed by atoms with E-state index in [1.807, 2.05) is 0 Å². The van der Waals surface area contributed by atoms with Gasteiger partial charge < -0.3 is 15.6 Å². The first-order valence-electron chi connectivity index (χ1n) is 5.83. The van der Waals surface area contributed by atoms with Gasteiger partial charge in [0.25, 0.3) is 0 Å². The van der Waals surface area contributed by atoms with Crippen LogP contribution in [0.1, 0.15) is 20.7 Å². The number of amides is 1. The number of aldehydes is 1. The van der Waals surface area contributed by atoms with Gasteiger partial charge in [0.05, 0.1) is 12.7 Å². The van der Waals surface area contributed by atoms with Crippen molar-refractivity contribution in [3.8, 4) is 22.6 Å². The number of nitrogens with two attached hydrogens (primary N) is 1. The molecular formula is C15H13NO4. The molecule has 0 spiro atoms. The Kier molecular flexibility index (Phi) is 3.70. The molecular weight excluding hydrogens is 258 g/mol. The van der Waals surface area contributed by atoms with E-state index in [1.54, 1.807) is 36.4 Å². The third kappa shape index (κ3) is 2.47. The van der Waals surface area contributed by atoms with Crippen LogP contribution >= 0.6 is 0 Å². The summed E-state index contributed by atoms with van der Waals surface area (Å²) in [6.07, 6.45) is 0.555. The van der Waals surface area contributed by atoms with Crippen LogP contribution in [0.15, 0.2) is 36.4 Å². The van der Waals surface area contributed by atoms with Gasteiger partial charge in [-0.3, -0.25) is 9.59 Å². The van der Waals surface area contributed by atoms with E-state index in [0.29, 0.717) is 17.4 Å². The molecule has 0 saturated heterocycles. The second-order valence-corrected chi connectivity index (χ2v) is 4.18. The molecule has 1 amide bonds. The number of phenolic OH excluding ortho intramolecular Hbond substituents is 1. The molecule has 0 heterocycles. The molecule has 2 aromatic carbocycles. The summed E-state index contributed by atoms with van der Waals surface area (Å²) in [7, 11) is 1.41. The normalized spacial score (nSPS) is 10.1. The van der Waals surface area contributed by atoms with Gasteiger partial charge in [-0.05, 0) is 35.4 Å². The summed E-state index contributed by atoms with van der Waals surface area (Å²) in [5.74, 6) is -0.489. The van der Waals surface area contributed by atoms with Gasteiger partial charge in [0, 0.05) is 5.56 Å². The summed E-state index contributed by atoms with van der Waals surface area (Å²) in [5.41, 5.74) is 7.18. The first kappa shape index (κ1) is 13.6. The highest BCUT2D eigenvalue weighted by molar-refractivity contribution is 5.93. The average molecular weight is 271 g/mol. The fourth-order valence-corrected chi connectivity index (χ4v) is 1.87. The van der Waals surface area contributed by atoms with Gasteiger partial charge in [-0.25, -0.2) is 0 Å². The van der Waals surface area contributed by atoms with E-state index in [-0.39, 0.29) is 17.1 Å². The zero-order chi connectivity index (χ0) is 14.7. The van der Waals surface area contributed by atoms with Crippen LogP contribution in [0.4, 0.5) is 0 Å². The molecule has 0 aliphatic heterocycles. The molecule has 0 aromatic heterocycles. The lowest BCUT2D eigenvalue weighted by Gasteiger charge is -2.09. The number of primary amides is 1. The van der Waals surface area contributed by atoms with Crippen LogP contribution in [0.2, 0.25) is 0 Å². The monoisotopic (exact) mass is 271 g/mol. The van der Waals surface area contributed by atoms with E-state index in [2.05, 4.69) is 0 Å². The minimum atomic E-state index is -0.506. The average Bonchev–Trinajstić information content (AvgIpc) is 2.47. The summed E-state index contributed by atoms with van der Waals surface area (Å²) in [5, 5.41) is 9.76. The van der Waals surface area contributed by atoms with Crippen LogP contribution in [0.5, 0.6) is 11.5 Å². The molecule has 20 heavy (non-hydrogen) atoms. The molecule has 0 fully saturated rings. The first-order chi connectivity index (χ1) is 9.56. The lowest BCUT2D eigenvalue weighted by molar-refractivity contribution is 0.1000. The molecule has 2 rings (SSSR count). The molecule has 0 atom stereocenters. The number of ether oxygens (including phenoxy) is 1. The van der Waals surface area contributed by atoms with E-state index < -0.39 is 5.91 Å². The van der Waals surface area contributed by atoms with E-state index >= 15 is 0 Å². The molecule has 2 aromatic rings. The lowest BCUT2D eigenvalue weighted by Crippen LogP contribution is -2.10.